The van der Waals surface area contributed by atoms with Crippen molar-refractivity contribution in [3.05, 3.63) is 65.6 Å². The number of furan rings is 1. The maximum Gasteiger partial charge on any atom is 0.350 e. The summed E-state index contributed by atoms with van der Waals surface area (Å²) in [5, 5.41) is 10.9. The largest absolute Gasteiger partial charge is 0.465 e. The number of hydrogen-bond acceptors (Lipinski definition) is 4. The fraction of sp³-hybridized carbons (Fsp3) is 0.235. The summed E-state index contributed by atoms with van der Waals surface area (Å²) >= 11 is 0. The van der Waals surface area contributed by atoms with Gasteiger partial charge in [0.05, 0.1) is 12.9 Å². The summed E-state index contributed by atoms with van der Waals surface area (Å²) in [5.74, 6) is -0.602. The van der Waals surface area contributed by atoms with Crippen LogP contribution in [0.1, 0.15) is 25.2 Å². The number of rotatable bonds is 5. The van der Waals surface area contributed by atoms with Gasteiger partial charge in [0.2, 0.25) is 5.60 Å². The SMILES string of the molecule is CCOC(=O)C(O)(/C(C)=C/c1ccccc1)c1ccco1. The first-order valence-electron chi connectivity index (χ1n) is 6.76. The summed E-state index contributed by atoms with van der Waals surface area (Å²) in [6.07, 6.45) is 3.15. The van der Waals surface area contributed by atoms with E-state index in [2.05, 4.69) is 0 Å². The molecule has 21 heavy (non-hydrogen) atoms. The molecule has 0 spiro atoms. The molecule has 0 fully saturated rings. The maximum atomic E-state index is 12.2. The molecule has 1 heterocycles. The van der Waals surface area contributed by atoms with Gasteiger partial charge in [-0.15, -0.1) is 0 Å². The van der Waals surface area contributed by atoms with Gasteiger partial charge < -0.3 is 14.3 Å². The first-order chi connectivity index (χ1) is 10.1. The molecule has 0 aliphatic carbocycles. The Hall–Kier alpha value is -2.33. The zero-order valence-electron chi connectivity index (χ0n) is 12.1. The van der Waals surface area contributed by atoms with E-state index in [0.717, 1.165) is 5.56 Å². The summed E-state index contributed by atoms with van der Waals surface area (Å²) in [7, 11) is 0. The van der Waals surface area contributed by atoms with E-state index in [1.165, 1.54) is 6.26 Å². The molecule has 1 atom stereocenters. The molecule has 4 nitrogen and oxygen atoms in total. The highest BCUT2D eigenvalue weighted by atomic mass is 16.6. The maximum absolute atomic E-state index is 12.2. The van der Waals surface area contributed by atoms with Gasteiger partial charge in [-0.05, 0) is 37.1 Å². The second-order valence-corrected chi connectivity index (χ2v) is 4.65. The molecule has 0 saturated heterocycles. The average molecular weight is 286 g/mol. The van der Waals surface area contributed by atoms with Crippen LogP contribution < -0.4 is 0 Å². The lowest BCUT2D eigenvalue weighted by atomic mass is 9.90. The van der Waals surface area contributed by atoms with Crippen molar-refractivity contribution in [2.75, 3.05) is 6.61 Å². The Morgan fingerprint density at radius 3 is 2.57 bits per heavy atom. The van der Waals surface area contributed by atoms with Gasteiger partial charge in [-0.2, -0.15) is 0 Å². The number of carbonyl (C=O) groups is 1. The van der Waals surface area contributed by atoms with Gasteiger partial charge in [0.1, 0.15) is 0 Å². The molecule has 2 rings (SSSR count). The lowest BCUT2D eigenvalue weighted by Crippen LogP contribution is -2.38. The highest BCUT2D eigenvalue weighted by Crippen LogP contribution is 2.32. The highest BCUT2D eigenvalue weighted by molar-refractivity contribution is 5.86. The van der Waals surface area contributed by atoms with Crippen LogP contribution in [0.4, 0.5) is 0 Å². The van der Waals surface area contributed by atoms with E-state index in [-0.39, 0.29) is 12.4 Å². The topological polar surface area (TPSA) is 59.7 Å². The van der Waals surface area contributed by atoms with E-state index >= 15 is 0 Å². The molecule has 0 radical (unpaired) electrons. The Morgan fingerprint density at radius 1 is 1.29 bits per heavy atom. The molecule has 110 valence electrons. The van der Waals surface area contributed by atoms with Crippen molar-refractivity contribution in [3.8, 4) is 0 Å². The van der Waals surface area contributed by atoms with Crippen LogP contribution in [0.2, 0.25) is 0 Å². The molecule has 1 aromatic carbocycles. The highest BCUT2D eigenvalue weighted by Gasteiger charge is 2.44. The third-order valence-corrected chi connectivity index (χ3v) is 3.20. The third-order valence-electron chi connectivity index (χ3n) is 3.20. The van der Waals surface area contributed by atoms with E-state index < -0.39 is 11.6 Å². The second kappa shape index (κ2) is 6.41. The first-order valence-corrected chi connectivity index (χ1v) is 6.76. The Morgan fingerprint density at radius 2 is 2.00 bits per heavy atom. The van der Waals surface area contributed by atoms with E-state index in [9.17, 15) is 9.90 Å². The van der Waals surface area contributed by atoms with Crippen LogP contribution in [0.3, 0.4) is 0 Å². The van der Waals surface area contributed by atoms with Gasteiger partial charge >= 0.3 is 5.97 Å². The number of benzene rings is 1. The van der Waals surface area contributed by atoms with Gasteiger partial charge in [-0.3, -0.25) is 0 Å². The van der Waals surface area contributed by atoms with Crippen molar-refractivity contribution in [2.45, 2.75) is 19.4 Å². The fourth-order valence-corrected chi connectivity index (χ4v) is 2.08. The van der Waals surface area contributed by atoms with Crippen LogP contribution in [0.5, 0.6) is 0 Å². The van der Waals surface area contributed by atoms with E-state index in [0.29, 0.717) is 5.57 Å². The fourth-order valence-electron chi connectivity index (χ4n) is 2.08. The molecule has 1 unspecified atom stereocenters. The third kappa shape index (κ3) is 3.06. The van der Waals surface area contributed by atoms with Crippen molar-refractivity contribution >= 4 is 12.0 Å². The molecular formula is C17H18O4. The number of esters is 1. The summed E-state index contributed by atoms with van der Waals surface area (Å²) in [6.45, 7) is 3.55. The lowest BCUT2D eigenvalue weighted by molar-refractivity contribution is -0.163. The van der Waals surface area contributed by atoms with Gasteiger partial charge in [0, 0.05) is 0 Å². The molecular weight excluding hydrogens is 268 g/mol. The number of carbonyl (C=O) groups excluding carboxylic acids is 1. The van der Waals surface area contributed by atoms with Crippen molar-refractivity contribution in [2.24, 2.45) is 0 Å². The van der Waals surface area contributed by atoms with Crippen LogP contribution in [0, 0.1) is 0 Å². The number of aliphatic hydroxyl groups is 1. The average Bonchev–Trinajstić information content (AvgIpc) is 3.02. The Kier molecular flexibility index (Phi) is 4.60. The Balaban J connectivity index is 2.45. The van der Waals surface area contributed by atoms with Crippen LogP contribution in [0.25, 0.3) is 6.08 Å². The molecule has 0 bridgehead atoms. The smallest absolute Gasteiger partial charge is 0.350 e. The van der Waals surface area contributed by atoms with Crippen molar-refractivity contribution in [1.29, 1.82) is 0 Å². The predicted octanol–water partition coefficient (Wildman–Crippen LogP) is 3.13. The summed E-state index contributed by atoms with van der Waals surface area (Å²) < 4.78 is 10.2. The van der Waals surface area contributed by atoms with Crippen LogP contribution in [-0.4, -0.2) is 17.7 Å². The van der Waals surface area contributed by atoms with Crippen molar-refractivity contribution in [3.63, 3.8) is 0 Å². The van der Waals surface area contributed by atoms with Crippen molar-refractivity contribution in [1.82, 2.24) is 0 Å². The minimum atomic E-state index is -1.92. The number of hydrogen-bond donors (Lipinski definition) is 1. The molecule has 4 heteroatoms. The van der Waals surface area contributed by atoms with Gasteiger partial charge in [-0.25, -0.2) is 4.79 Å². The number of ether oxygens (including phenoxy) is 1. The van der Waals surface area contributed by atoms with Crippen LogP contribution in [-0.2, 0) is 15.1 Å². The van der Waals surface area contributed by atoms with Gasteiger partial charge in [0.15, 0.2) is 5.76 Å². The molecule has 0 aliphatic heterocycles. The lowest BCUT2D eigenvalue weighted by Gasteiger charge is -2.24. The molecule has 1 N–H and O–H groups in total. The minimum absolute atomic E-state index is 0.144. The van der Waals surface area contributed by atoms with Crippen molar-refractivity contribution < 1.29 is 19.1 Å². The summed E-state index contributed by atoms with van der Waals surface area (Å²) in [6, 6.07) is 12.6. The van der Waals surface area contributed by atoms with E-state index in [1.807, 2.05) is 30.3 Å². The Labute approximate surface area is 123 Å². The van der Waals surface area contributed by atoms with Gasteiger partial charge in [-0.1, -0.05) is 36.4 Å². The zero-order chi connectivity index (χ0) is 15.3. The second-order valence-electron chi connectivity index (χ2n) is 4.65. The van der Waals surface area contributed by atoms with E-state index in [1.54, 1.807) is 32.1 Å². The van der Waals surface area contributed by atoms with Crippen LogP contribution >= 0.6 is 0 Å². The molecule has 2 aromatic rings. The monoisotopic (exact) mass is 286 g/mol. The standard InChI is InChI=1S/C17H18O4/c1-3-20-16(18)17(19,15-10-7-11-21-15)13(2)12-14-8-5-4-6-9-14/h4-12,19H,3H2,1-2H3/b13-12+. The quantitative estimate of drug-likeness (QED) is 0.858. The summed E-state index contributed by atoms with van der Waals surface area (Å²) in [5.41, 5.74) is -0.610. The van der Waals surface area contributed by atoms with Crippen LogP contribution in [0.15, 0.2) is 58.7 Å². The summed E-state index contributed by atoms with van der Waals surface area (Å²) in [4.78, 5) is 12.2. The molecule has 0 aliphatic rings. The molecule has 0 amide bonds. The molecule has 1 aromatic heterocycles. The van der Waals surface area contributed by atoms with Gasteiger partial charge in [0.25, 0.3) is 0 Å². The molecule has 0 saturated carbocycles. The zero-order valence-corrected chi connectivity index (χ0v) is 12.1. The first kappa shape index (κ1) is 15.1. The minimum Gasteiger partial charge on any atom is -0.465 e. The normalized spacial score (nSPS) is 14.5. The van der Waals surface area contributed by atoms with E-state index in [4.69, 9.17) is 9.15 Å². The Bertz CT molecular complexity index is 614. The predicted molar refractivity (Wildman–Crippen MR) is 79.3 cm³/mol.